The number of ether oxygens (including phenoxy) is 1. The summed E-state index contributed by atoms with van der Waals surface area (Å²) in [4.78, 5) is 2.40. The zero-order valence-corrected chi connectivity index (χ0v) is 14.0. The molecule has 1 heterocycles. The molecule has 0 unspecified atom stereocenters. The highest BCUT2D eigenvalue weighted by Crippen LogP contribution is 2.40. The van der Waals surface area contributed by atoms with Crippen LogP contribution in [-0.4, -0.2) is 25.0 Å². The van der Waals surface area contributed by atoms with E-state index in [2.05, 4.69) is 43.6 Å². The monoisotopic (exact) mass is 297 g/mol. The second-order valence-electron chi connectivity index (χ2n) is 6.25. The minimum Gasteiger partial charge on any atom is -0.457 e. The molecule has 0 aliphatic carbocycles. The van der Waals surface area contributed by atoms with Crippen molar-refractivity contribution in [2.24, 2.45) is 0 Å². The Hall–Kier alpha value is -1.80. The van der Waals surface area contributed by atoms with Crippen LogP contribution in [0.5, 0.6) is 5.75 Å². The number of hydrogen-bond donors (Lipinski definition) is 0. The molecule has 0 radical (unpaired) electrons. The van der Waals surface area contributed by atoms with Crippen molar-refractivity contribution >= 4 is 0 Å². The first-order valence-corrected chi connectivity index (χ1v) is 8.00. The molecule has 0 N–H and O–H groups in total. The Balaban J connectivity index is 2.27. The Bertz CT molecular complexity index is 563. The van der Waals surface area contributed by atoms with E-state index in [1.54, 1.807) is 6.08 Å². The van der Waals surface area contributed by atoms with Crippen molar-refractivity contribution < 1.29 is 4.74 Å². The van der Waals surface area contributed by atoms with Crippen molar-refractivity contribution in [1.82, 2.24) is 4.90 Å². The number of benzene rings is 1. The number of para-hydroxylation sites is 1. The van der Waals surface area contributed by atoms with E-state index in [0.717, 1.165) is 37.4 Å². The van der Waals surface area contributed by atoms with Crippen molar-refractivity contribution in [3.05, 3.63) is 66.5 Å². The molecule has 0 spiro atoms. The molecular formula is C20H27NO. The lowest BCUT2D eigenvalue weighted by molar-refractivity contribution is 0.197. The molecule has 0 saturated carbocycles. The lowest BCUT2D eigenvalue weighted by atomic mass is 9.74. The summed E-state index contributed by atoms with van der Waals surface area (Å²) in [6, 6.07) is 8.44. The van der Waals surface area contributed by atoms with Gasteiger partial charge in [-0.25, -0.2) is 0 Å². The van der Waals surface area contributed by atoms with Gasteiger partial charge in [0.25, 0.3) is 0 Å². The highest BCUT2D eigenvalue weighted by atomic mass is 16.5. The summed E-state index contributed by atoms with van der Waals surface area (Å²) in [5.41, 5.74) is 1.50. The maximum absolute atomic E-state index is 6.16. The van der Waals surface area contributed by atoms with E-state index < -0.39 is 0 Å². The summed E-state index contributed by atoms with van der Waals surface area (Å²) >= 11 is 0. The summed E-state index contributed by atoms with van der Waals surface area (Å²) in [7, 11) is 2.19. The van der Waals surface area contributed by atoms with Gasteiger partial charge in [-0.05, 0) is 63.5 Å². The van der Waals surface area contributed by atoms with Gasteiger partial charge in [-0.3, -0.25) is 0 Å². The smallest absolute Gasteiger partial charge is 0.131 e. The number of hydrogen-bond acceptors (Lipinski definition) is 2. The SMILES string of the molecule is C=C/C=C\C(=C/C)Oc1ccccc1C1(C)CCN(C)CC1. The number of rotatable bonds is 5. The van der Waals surface area contributed by atoms with Gasteiger partial charge in [0.05, 0.1) is 0 Å². The number of piperidine rings is 1. The van der Waals surface area contributed by atoms with Crippen LogP contribution in [0.2, 0.25) is 0 Å². The molecule has 0 atom stereocenters. The van der Waals surface area contributed by atoms with E-state index in [1.165, 1.54) is 5.56 Å². The van der Waals surface area contributed by atoms with Gasteiger partial charge >= 0.3 is 0 Å². The average molecular weight is 297 g/mol. The van der Waals surface area contributed by atoms with E-state index in [0.29, 0.717) is 0 Å². The fourth-order valence-corrected chi connectivity index (χ4v) is 2.91. The molecule has 118 valence electrons. The molecule has 1 aromatic rings. The van der Waals surface area contributed by atoms with Crippen LogP contribution in [0.25, 0.3) is 0 Å². The topological polar surface area (TPSA) is 12.5 Å². The van der Waals surface area contributed by atoms with Crippen molar-refractivity contribution in [3.63, 3.8) is 0 Å². The van der Waals surface area contributed by atoms with E-state index in [9.17, 15) is 0 Å². The fraction of sp³-hybridized carbons (Fsp3) is 0.400. The van der Waals surface area contributed by atoms with E-state index in [4.69, 9.17) is 4.74 Å². The molecule has 1 aliphatic rings. The first-order valence-electron chi connectivity index (χ1n) is 8.00. The normalized spacial score (nSPS) is 19.3. The number of allylic oxidation sites excluding steroid dienone is 4. The Morgan fingerprint density at radius 3 is 2.59 bits per heavy atom. The van der Waals surface area contributed by atoms with Gasteiger partial charge in [0.2, 0.25) is 0 Å². The third-order valence-corrected chi connectivity index (χ3v) is 4.54. The quantitative estimate of drug-likeness (QED) is 0.577. The lowest BCUT2D eigenvalue weighted by Gasteiger charge is -2.39. The van der Waals surface area contributed by atoms with Crippen molar-refractivity contribution in [3.8, 4) is 5.75 Å². The lowest BCUT2D eigenvalue weighted by Crippen LogP contribution is -2.39. The first kappa shape index (κ1) is 16.6. The predicted molar refractivity (Wildman–Crippen MR) is 94.2 cm³/mol. The zero-order valence-electron chi connectivity index (χ0n) is 14.0. The van der Waals surface area contributed by atoms with Crippen LogP contribution < -0.4 is 4.74 Å². The standard InChI is InChI=1S/C20H27NO/c1-5-7-10-17(6-2)22-19-12-9-8-11-18(19)20(3)13-15-21(4)16-14-20/h5-12H,1,13-16H2,2-4H3/b10-7-,17-6+. The molecular weight excluding hydrogens is 270 g/mol. The summed E-state index contributed by atoms with van der Waals surface area (Å²) in [6.45, 7) is 10.3. The molecule has 1 aliphatic heterocycles. The van der Waals surface area contributed by atoms with Crippen molar-refractivity contribution in [2.45, 2.75) is 32.1 Å². The second kappa shape index (κ2) is 7.46. The van der Waals surface area contributed by atoms with Gasteiger partial charge in [-0.1, -0.05) is 43.9 Å². The predicted octanol–water partition coefficient (Wildman–Crippen LogP) is 4.69. The van der Waals surface area contributed by atoms with E-state index in [-0.39, 0.29) is 5.41 Å². The number of likely N-dealkylation sites (tertiary alicyclic amines) is 1. The van der Waals surface area contributed by atoms with Gasteiger partial charge in [-0.15, -0.1) is 0 Å². The molecule has 1 fully saturated rings. The molecule has 0 aromatic heterocycles. The third-order valence-electron chi connectivity index (χ3n) is 4.54. The van der Waals surface area contributed by atoms with Crippen molar-refractivity contribution in [1.29, 1.82) is 0 Å². The first-order chi connectivity index (χ1) is 10.6. The van der Waals surface area contributed by atoms with Gasteiger partial charge in [0.15, 0.2) is 0 Å². The zero-order chi connectivity index (χ0) is 16.0. The van der Waals surface area contributed by atoms with Crippen LogP contribution in [-0.2, 0) is 5.41 Å². The molecule has 22 heavy (non-hydrogen) atoms. The Kier molecular flexibility index (Phi) is 5.62. The van der Waals surface area contributed by atoms with Crippen LogP contribution in [0.15, 0.2) is 60.9 Å². The van der Waals surface area contributed by atoms with E-state index >= 15 is 0 Å². The maximum atomic E-state index is 6.16. The van der Waals surface area contributed by atoms with Crippen LogP contribution in [0.1, 0.15) is 32.3 Å². The minimum absolute atomic E-state index is 0.185. The molecule has 0 bridgehead atoms. The summed E-state index contributed by atoms with van der Waals surface area (Å²) in [5, 5.41) is 0. The summed E-state index contributed by atoms with van der Waals surface area (Å²) < 4.78 is 6.16. The summed E-state index contributed by atoms with van der Waals surface area (Å²) in [6.07, 6.45) is 9.91. The Morgan fingerprint density at radius 2 is 1.95 bits per heavy atom. The number of nitrogens with zero attached hydrogens (tertiary/aromatic N) is 1. The fourth-order valence-electron chi connectivity index (χ4n) is 2.91. The highest BCUT2D eigenvalue weighted by molar-refractivity contribution is 5.41. The minimum atomic E-state index is 0.185. The van der Waals surface area contributed by atoms with Crippen LogP contribution >= 0.6 is 0 Å². The molecule has 1 aromatic carbocycles. The van der Waals surface area contributed by atoms with Gasteiger partial charge in [0, 0.05) is 5.56 Å². The Labute approximate surface area is 134 Å². The summed E-state index contributed by atoms with van der Waals surface area (Å²) in [5.74, 6) is 1.82. The largest absolute Gasteiger partial charge is 0.457 e. The molecule has 2 nitrogen and oxygen atoms in total. The van der Waals surface area contributed by atoms with Gasteiger partial charge in [-0.2, -0.15) is 0 Å². The average Bonchev–Trinajstić information content (AvgIpc) is 2.54. The maximum Gasteiger partial charge on any atom is 0.131 e. The van der Waals surface area contributed by atoms with Crippen LogP contribution in [0.3, 0.4) is 0 Å². The van der Waals surface area contributed by atoms with E-state index in [1.807, 2.05) is 31.2 Å². The molecule has 2 heteroatoms. The van der Waals surface area contributed by atoms with Crippen LogP contribution in [0, 0.1) is 0 Å². The highest BCUT2D eigenvalue weighted by Gasteiger charge is 2.33. The van der Waals surface area contributed by atoms with Gasteiger partial charge < -0.3 is 9.64 Å². The third kappa shape index (κ3) is 3.89. The van der Waals surface area contributed by atoms with Crippen molar-refractivity contribution in [2.75, 3.05) is 20.1 Å². The molecule has 1 saturated heterocycles. The second-order valence-corrected chi connectivity index (χ2v) is 6.25. The van der Waals surface area contributed by atoms with Gasteiger partial charge in [0.1, 0.15) is 11.5 Å². The Morgan fingerprint density at radius 1 is 1.27 bits per heavy atom. The molecule has 2 rings (SSSR count). The van der Waals surface area contributed by atoms with Crippen LogP contribution in [0.4, 0.5) is 0 Å². The molecule has 0 amide bonds.